The van der Waals surface area contributed by atoms with Gasteiger partial charge >= 0.3 is 0 Å². The third-order valence-corrected chi connectivity index (χ3v) is 2.35. The summed E-state index contributed by atoms with van der Waals surface area (Å²) in [4.78, 5) is 8.35. The Bertz CT molecular complexity index is 452. The van der Waals surface area contributed by atoms with Gasteiger partial charge in [-0.2, -0.15) is 0 Å². The number of aromatic nitrogens is 2. The molecule has 0 aliphatic rings. The molecule has 3 heteroatoms. The maximum absolute atomic E-state index is 5.75. The third-order valence-electron chi connectivity index (χ3n) is 2.35. The molecule has 76 valence electrons. The van der Waals surface area contributed by atoms with E-state index >= 15 is 0 Å². The van der Waals surface area contributed by atoms with E-state index in [2.05, 4.69) is 16.9 Å². The molecule has 0 aliphatic carbocycles. The number of anilines is 1. The Morgan fingerprint density at radius 3 is 2.80 bits per heavy atom. The highest BCUT2D eigenvalue weighted by Gasteiger charge is 2.04. The minimum atomic E-state index is 0.791. The SMILES string of the molecule is CCc1cc(N)ccc1-c1cnccn1. The van der Waals surface area contributed by atoms with Gasteiger partial charge in [-0.05, 0) is 24.1 Å². The van der Waals surface area contributed by atoms with Crippen molar-refractivity contribution < 1.29 is 0 Å². The van der Waals surface area contributed by atoms with E-state index in [1.165, 1.54) is 5.56 Å². The maximum atomic E-state index is 5.75. The van der Waals surface area contributed by atoms with Crippen LogP contribution in [0.15, 0.2) is 36.8 Å². The molecular weight excluding hydrogens is 186 g/mol. The highest BCUT2D eigenvalue weighted by Crippen LogP contribution is 2.23. The first-order valence-corrected chi connectivity index (χ1v) is 4.96. The molecule has 3 nitrogen and oxygen atoms in total. The summed E-state index contributed by atoms with van der Waals surface area (Å²) in [6, 6.07) is 5.88. The second-order valence-electron chi connectivity index (χ2n) is 3.36. The van der Waals surface area contributed by atoms with Gasteiger partial charge in [-0.15, -0.1) is 0 Å². The lowest BCUT2D eigenvalue weighted by Crippen LogP contribution is -1.93. The lowest BCUT2D eigenvalue weighted by Gasteiger charge is -2.07. The second-order valence-corrected chi connectivity index (χ2v) is 3.36. The highest BCUT2D eigenvalue weighted by atomic mass is 14.8. The quantitative estimate of drug-likeness (QED) is 0.755. The zero-order valence-corrected chi connectivity index (χ0v) is 8.64. The molecule has 2 rings (SSSR count). The standard InChI is InChI=1S/C12H13N3/c1-2-9-7-10(13)3-4-11(9)12-8-14-5-6-15-12/h3-8H,2,13H2,1H3. The summed E-state index contributed by atoms with van der Waals surface area (Å²) >= 11 is 0. The molecule has 0 aliphatic heterocycles. The Morgan fingerprint density at radius 2 is 2.13 bits per heavy atom. The fourth-order valence-electron chi connectivity index (χ4n) is 1.59. The largest absolute Gasteiger partial charge is 0.399 e. The minimum absolute atomic E-state index is 0.791. The molecule has 0 radical (unpaired) electrons. The van der Waals surface area contributed by atoms with Crippen LogP contribution in [-0.2, 0) is 6.42 Å². The van der Waals surface area contributed by atoms with Crippen LogP contribution >= 0.6 is 0 Å². The molecule has 2 N–H and O–H groups in total. The first-order chi connectivity index (χ1) is 7.31. The van der Waals surface area contributed by atoms with Crippen LogP contribution in [0.5, 0.6) is 0 Å². The number of hydrogen-bond acceptors (Lipinski definition) is 3. The van der Waals surface area contributed by atoms with E-state index in [1.807, 2.05) is 18.2 Å². The number of aryl methyl sites for hydroxylation is 1. The van der Waals surface area contributed by atoms with Crippen LogP contribution in [0.3, 0.4) is 0 Å². The molecule has 0 fully saturated rings. The van der Waals surface area contributed by atoms with E-state index in [0.717, 1.165) is 23.4 Å². The molecule has 0 spiro atoms. The van der Waals surface area contributed by atoms with Crippen molar-refractivity contribution in [3.8, 4) is 11.3 Å². The predicted octanol–water partition coefficient (Wildman–Crippen LogP) is 2.29. The van der Waals surface area contributed by atoms with Crippen molar-refractivity contribution in [1.29, 1.82) is 0 Å². The molecule has 15 heavy (non-hydrogen) atoms. The topological polar surface area (TPSA) is 51.8 Å². The average molecular weight is 199 g/mol. The molecule has 0 bridgehead atoms. The fourth-order valence-corrected chi connectivity index (χ4v) is 1.59. The van der Waals surface area contributed by atoms with Crippen molar-refractivity contribution in [3.63, 3.8) is 0 Å². The molecule has 0 amide bonds. The normalized spacial score (nSPS) is 10.2. The van der Waals surface area contributed by atoms with Gasteiger partial charge in [0.25, 0.3) is 0 Å². The van der Waals surface area contributed by atoms with Crippen LogP contribution < -0.4 is 5.73 Å². The van der Waals surface area contributed by atoms with Crippen LogP contribution in [-0.4, -0.2) is 9.97 Å². The predicted molar refractivity (Wildman–Crippen MR) is 61.3 cm³/mol. The van der Waals surface area contributed by atoms with Gasteiger partial charge in [-0.25, -0.2) is 0 Å². The van der Waals surface area contributed by atoms with Gasteiger partial charge in [0.1, 0.15) is 0 Å². The molecule has 1 aromatic heterocycles. The Labute approximate surface area is 89.0 Å². The first-order valence-electron chi connectivity index (χ1n) is 4.96. The van der Waals surface area contributed by atoms with Crippen LogP contribution in [0, 0.1) is 0 Å². The molecular formula is C12H13N3. The summed E-state index contributed by atoms with van der Waals surface area (Å²) in [6.07, 6.45) is 6.08. The van der Waals surface area contributed by atoms with Crippen LogP contribution in [0.25, 0.3) is 11.3 Å². The van der Waals surface area contributed by atoms with Crippen LogP contribution in [0.1, 0.15) is 12.5 Å². The van der Waals surface area contributed by atoms with E-state index < -0.39 is 0 Å². The van der Waals surface area contributed by atoms with E-state index in [0.29, 0.717) is 0 Å². The lowest BCUT2D eigenvalue weighted by atomic mass is 10.0. The van der Waals surface area contributed by atoms with Crippen molar-refractivity contribution >= 4 is 5.69 Å². The Balaban J connectivity index is 2.53. The molecule has 0 saturated heterocycles. The van der Waals surface area contributed by atoms with Gasteiger partial charge in [0.15, 0.2) is 0 Å². The second kappa shape index (κ2) is 4.09. The monoisotopic (exact) mass is 199 g/mol. The van der Waals surface area contributed by atoms with Crippen molar-refractivity contribution in [3.05, 3.63) is 42.4 Å². The molecule has 1 aromatic carbocycles. The fraction of sp³-hybridized carbons (Fsp3) is 0.167. The van der Waals surface area contributed by atoms with Gasteiger partial charge in [-0.3, -0.25) is 9.97 Å². The number of nitrogens with zero attached hydrogens (tertiary/aromatic N) is 2. The molecule has 0 atom stereocenters. The third kappa shape index (κ3) is 1.96. The zero-order valence-electron chi connectivity index (χ0n) is 8.64. The number of hydrogen-bond donors (Lipinski definition) is 1. The lowest BCUT2D eigenvalue weighted by molar-refractivity contribution is 1.13. The van der Waals surface area contributed by atoms with Crippen molar-refractivity contribution in [2.24, 2.45) is 0 Å². The Morgan fingerprint density at radius 1 is 1.27 bits per heavy atom. The molecule has 0 unspecified atom stereocenters. The average Bonchev–Trinajstić information content (AvgIpc) is 2.30. The summed E-state index contributed by atoms with van der Waals surface area (Å²) in [5.41, 5.74) is 9.75. The van der Waals surface area contributed by atoms with Crippen molar-refractivity contribution in [2.75, 3.05) is 5.73 Å². The van der Waals surface area contributed by atoms with Crippen molar-refractivity contribution in [2.45, 2.75) is 13.3 Å². The van der Waals surface area contributed by atoms with E-state index in [4.69, 9.17) is 5.73 Å². The van der Waals surface area contributed by atoms with E-state index in [1.54, 1.807) is 18.6 Å². The smallest absolute Gasteiger partial charge is 0.0887 e. The van der Waals surface area contributed by atoms with E-state index in [9.17, 15) is 0 Å². The number of nitrogen functional groups attached to an aromatic ring is 1. The summed E-state index contributed by atoms with van der Waals surface area (Å²) in [7, 11) is 0. The van der Waals surface area contributed by atoms with E-state index in [-0.39, 0.29) is 0 Å². The Kier molecular flexibility index (Phi) is 2.63. The molecule has 2 aromatic rings. The summed E-state index contributed by atoms with van der Waals surface area (Å²) < 4.78 is 0. The number of rotatable bonds is 2. The summed E-state index contributed by atoms with van der Waals surface area (Å²) in [6.45, 7) is 2.11. The molecule has 0 saturated carbocycles. The van der Waals surface area contributed by atoms with Gasteiger partial charge < -0.3 is 5.73 Å². The van der Waals surface area contributed by atoms with Gasteiger partial charge in [0.2, 0.25) is 0 Å². The van der Waals surface area contributed by atoms with Crippen LogP contribution in [0.2, 0.25) is 0 Å². The molecule has 1 heterocycles. The summed E-state index contributed by atoms with van der Waals surface area (Å²) in [5, 5.41) is 0. The minimum Gasteiger partial charge on any atom is -0.399 e. The van der Waals surface area contributed by atoms with Gasteiger partial charge in [-0.1, -0.05) is 13.0 Å². The van der Waals surface area contributed by atoms with Gasteiger partial charge in [0, 0.05) is 23.6 Å². The maximum Gasteiger partial charge on any atom is 0.0887 e. The van der Waals surface area contributed by atoms with Crippen molar-refractivity contribution in [1.82, 2.24) is 9.97 Å². The highest BCUT2D eigenvalue weighted by molar-refractivity contribution is 5.66. The number of benzene rings is 1. The Hall–Kier alpha value is -1.90. The van der Waals surface area contributed by atoms with Crippen LogP contribution in [0.4, 0.5) is 5.69 Å². The zero-order chi connectivity index (χ0) is 10.7. The first kappa shape index (κ1) is 9.65. The van der Waals surface area contributed by atoms with Gasteiger partial charge in [0.05, 0.1) is 11.9 Å². The number of nitrogens with two attached hydrogens (primary N) is 1. The summed E-state index contributed by atoms with van der Waals surface area (Å²) in [5.74, 6) is 0.